The van der Waals surface area contributed by atoms with Gasteiger partial charge < -0.3 is 29.1 Å². The summed E-state index contributed by atoms with van der Waals surface area (Å²) in [6, 6.07) is 73.2. The summed E-state index contributed by atoms with van der Waals surface area (Å²) in [6.45, 7) is 17.1. The average molecular weight is 1720 g/mol. The van der Waals surface area contributed by atoms with Crippen LogP contribution < -0.4 is 9.47 Å². The van der Waals surface area contributed by atoms with Gasteiger partial charge in [0.1, 0.15) is 17.1 Å². The van der Waals surface area contributed by atoms with Crippen molar-refractivity contribution in [2.24, 2.45) is 0 Å². The Morgan fingerprint density at radius 1 is 0.387 bits per heavy atom. The van der Waals surface area contributed by atoms with Crippen molar-refractivity contribution < 1.29 is 70.1 Å². The fraction of sp³-hybridized carbons (Fsp3) is 0.105. The van der Waals surface area contributed by atoms with Crippen LogP contribution in [0.5, 0.6) is 23.0 Å². The molecule has 119 heavy (non-hydrogen) atoms. The number of ether oxygens (including phenoxy) is 2. The van der Waals surface area contributed by atoms with Crippen LogP contribution in [-0.2, 0) is 61.3 Å². The number of imidazole rings is 2. The first-order chi connectivity index (χ1) is 56.8. The molecule has 6 heterocycles. The van der Waals surface area contributed by atoms with Crippen molar-refractivity contribution in [3.63, 3.8) is 0 Å². The normalized spacial score (nSPS) is 9.21. The molecule has 14 heteroatoms. The zero-order valence-electron chi connectivity index (χ0n) is 65.6. The SMILES string of the molecule is C#CC#CC#CC#CC#CC#CC#CC#CC#CC#CC#CC#CC#CC#CC#CC#CC.CC(=O)O.CC(=O)O.CC(C)(C)c1ccnc(-c2[c-]c(Oc3[c-]c4c(cc3)c3ccccc3n3c5ccccc5nc43)ccc2)c1.CC(C)(C)c1ccnc(-c2cccc(Oc3ccc4c5ccccc5n5c6ccccc6nc5c4c3)c2)c1.[Pd+2].[Pd]. The third-order valence-corrected chi connectivity index (χ3v) is 16.2. The van der Waals surface area contributed by atoms with E-state index in [2.05, 4.69) is 383 Å². The van der Waals surface area contributed by atoms with E-state index in [1.165, 1.54) is 16.5 Å². The first-order valence-electron chi connectivity index (χ1n) is 35.8. The van der Waals surface area contributed by atoms with Crippen molar-refractivity contribution in [1.29, 1.82) is 0 Å². The number of hydrogen-bond acceptors (Lipinski definition) is 8. The smallest absolute Gasteiger partial charge is 0.497 e. The predicted molar refractivity (Wildman–Crippen MR) is 468 cm³/mol. The van der Waals surface area contributed by atoms with Crippen LogP contribution in [0.25, 0.3) is 99.2 Å². The molecule has 0 bridgehead atoms. The minimum Gasteiger partial charge on any atom is -0.497 e. The molecule has 0 spiro atoms. The van der Waals surface area contributed by atoms with Crippen LogP contribution in [0.4, 0.5) is 0 Å². The first kappa shape index (κ1) is 88.4. The molecule has 0 aliphatic rings. The topological polar surface area (TPSA) is 153 Å². The van der Waals surface area contributed by atoms with Crippen LogP contribution in [0, 0.1) is 202 Å². The van der Waals surface area contributed by atoms with Crippen molar-refractivity contribution in [3.8, 4) is 235 Å². The van der Waals surface area contributed by atoms with E-state index in [4.69, 9.17) is 45.7 Å². The Kier molecular flexibility index (Phi) is 32.9. The van der Waals surface area contributed by atoms with Crippen LogP contribution in [0.2, 0.25) is 0 Å². The molecule has 14 rings (SSSR count). The van der Waals surface area contributed by atoms with E-state index in [9.17, 15) is 0 Å². The number of terminal acetylenes is 1. The van der Waals surface area contributed by atoms with Gasteiger partial charge in [-0.15, -0.1) is 36.3 Å². The molecule has 8 aromatic carbocycles. The molecule has 0 amide bonds. The fourth-order valence-corrected chi connectivity index (χ4v) is 11.3. The number of rotatable bonds is 6. The number of carboxylic acid groups (broad SMARTS) is 2. The zero-order valence-corrected chi connectivity index (χ0v) is 68.7. The number of benzene rings is 8. The van der Waals surface area contributed by atoms with Gasteiger partial charge in [-0.3, -0.25) is 24.0 Å². The standard InChI is InChI=1S/C34H27N3O.C34H25N3O.C33H4.2C2H4O2.2Pd/c2*1-34(2,3)23-17-18-35-30(20-23)22-9-8-10-24(19-22)38-25-15-16-26-27-11-4-6-13-31(27)37-32-14-7-5-12-29(32)36-33(37)28(26)21-25;1-3-5-7-9-11-13-15-17-19-21-23-25-27-29-31-33-32-30-28-26-24-22-20-18-16-14-12-10-8-6-4-2;2*1-2(3)4;;/h4-21H,1-3H3;4-18,20H,1-3H3;1H,2H3;2*1H3,(H,3,4);;/q;-2;;;;;+2. The van der Waals surface area contributed by atoms with E-state index in [0.29, 0.717) is 11.5 Å². The monoisotopic (exact) mass is 1720 g/mol. The van der Waals surface area contributed by atoms with Crippen molar-refractivity contribution in [2.75, 3.05) is 0 Å². The van der Waals surface area contributed by atoms with Gasteiger partial charge in [-0.05, 0) is 225 Å². The van der Waals surface area contributed by atoms with Gasteiger partial charge >= 0.3 is 20.4 Å². The first-order valence-corrected chi connectivity index (χ1v) is 35.8. The number of pyridine rings is 4. The molecule has 0 unspecified atom stereocenters. The van der Waals surface area contributed by atoms with E-state index in [1.54, 1.807) is 6.92 Å². The summed E-state index contributed by atoms with van der Waals surface area (Å²) < 4.78 is 17.2. The van der Waals surface area contributed by atoms with Crippen molar-refractivity contribution in [1.82, 2.24) is 28.7 Å². The number of aliphatic carboxylic acids is 2. The van der Waals surface area contributed by atoms with Crippen molar-refractivity contribution in [2.45, 2.75) is 73.1 Å². The molecule has 14 aromatic rings. The van der Waals surface area contributed by atoms with E-state index in [-0.39, 0.29) is 51.7 Å². The number of nitrogens with zero attached hydrogens (tertiary/aromatic N) is 6. The maximum atomic E-state index is 9.00. The summed E-state index contributed by atoms with van der Waals surface area (Å²) in [5, 5.41) is 21.4. The van der Waals surface area contributed by atoms with Gasteiger partial charge in [0.05, 0.1) is 38.9 Å². The summed E-state index contributed by atoms with van der Waals surface area (Å²) in [5.74, 6) is 78.0. The Morgan fingerprint density at radius 3 is 1.27 bits per heavy atom. The second-order valence-electron chi connectivity index (χ2n) is 26.4. The molecular formula is C105H64N6O6Pd2. The maximum absolute atomic E-state index is 9.00. The molecule has 0 aliphatic carbocycles. The second kappa shape index (κ2) is 44.3. The van der Waals surface area contributed by atoms with Crippen LogP contribution in [0.3, 0.4) is 0 Å². The van der Waals surface area contributed by atoms with Gasteiger partial charge in [0.25, 0.3) is 11.9 Å². The molecule has 12 nitrogen and oxygen atoms in total. The van der Waals surface area contributed by atoms with Crippen LogP contribution in [0.1, 0.15) is 73.4 Å². The average Bonchev–Trinajstić information content (AvgIpc) is 1.60. The van der Waals surface area contributed by atoms with Gasteiger partial charge in [-0.2, -0.15) is 0 Å². The maximum Gasteiger partial charge on any atom is 2.00 e. The van der Waals surface area contributed by atoms with Crippen LogP contribution in [-0.4, -0.2) is 50.9 Å². The summed E-state index contributed by atoms with van der Waals surface area (Å²) >= 11 is 0. The number of fused-ring (bicyclic) bond motifs is 16. The molecule has 6 aromatic heterocycles. The summed E-state index contributed by atoms with van der Waals surface area (Å²) in [7, 11) is 0. The van der Waals surface area contributed by atoms with E-state index in [0.717, 1.165) is 119 Å². The number of aromatic nitrogens is 6. The zero-order chi connectivity index (χ0) is 82.8. The van der Waals surface area contributed by atoms with Gasteiger partial charge in [0.15, 0.2) is 0 Å². The molecule has 2 N–H and O–H groups in total. The minimum atomic E-state index is -0.833. The molecular weight excluding hydrogens is 1650 g/mol. The molecule has 0 saturated carbocycles. The second-order valence-corrected chi connectivity index (χ2v) is 26.4. The Hall–Kier alpha value is -16.2. The molecule has 570 valence electrons. The van der Waals surface area contributed by atoms with Gasteiger partial charge in [-0.25, -0.2) is 4.98 Å². The fourth-order valence-electron chi connectivity index (χ4n) is 11.3. The van der Waals surface area contributed by atoms with E-state index < -0.39 is 11.9 Å². The van der Waals surface area contributed by atoms with Gasteiger partial charge in [-0.1, -0.05) is 155 Å². The molecule has 0 radical (unpaired) electrons. The molecule has 0 fully saturated rings. The van der Waals surface area contributed by atoms with Gasteiger partial charge in [0, 0.05) is 163 Å². The molecule has 0 atom stereocenters. The van der Waals surface area contributed by atoms with E-state index >= 15 is 0 Å². The Labute approximate surface area is 720 Å². The number of carboxylic acids is 2. The molecule has 0 aliphatic heterocycles. The van der Waals surface area contributed by atoms with E-state index in [1.807, 2.05) is 79.1 Å². The van der Waals surface area contributed by atoms with Crippen molar-refractivity contribution in [3.05, 3.63) is 230 Å². The minimum absolute atomic E-state index is 0. The third kappa shape index (κ3) is 25.4. The Bertz CT molecular complexity index is 7120. The largest absolute Gasteiger partial charge is 2.00 e. The predicted octanol–water partition coefficient (Wildman–Crippen LogP) is 18.4. The Morgan fingerprint density at radius 2 is 0.782 bits per heavy atom. The summed E-state index contributed by atoms with van der Waals surface area (Å²) in [6.07, 6.45) is 8.67. The molecule has 0 saturated heterocycles. The number of hydrogen-bond donors (Lipinski definition) is 2. The number of para-hydroxylation sites is 6. The quantitative estimate of drug-likeness (QED) is 0.0712. The van der Waals surface area contributed by atoms with Crippen LogP contribution >= 0.6 is 0 Å². The van der Waals surface area contributed by atoms with Crippen molar-refractivity contribution >= 4 is 88.7 Å². The Balaban J connectivity index is 0.000000211. The summed E-state index contributed by atoms with van der Waals surface area (Å²) in [5.41, 5.74) is 14.5. The number of carbonyl (C=O) groups is 2. The van der Waals surface area contributed by atoms with Crippen LogP contribution in [0.15, 0.2) is 207 Å². The third-order valence-electron chi connectivity index (χ3n) is 16.2. The summed E-state index contributed by atoms with van der Waals surface area (Å²) in [4.78, 5) is 37.2. The van der Waals surface area contributed by atoms with Gasteiger partial charge in [0.2, 0.25) is 0 Å².